The number of nitrogens with two attached hydrogens (primary N) is 2. The van der Waals surface area contributed by atoms with Crippen LogP contribution in [0.25, 0.3) is 0 Å². The molecule has 0 saturated heterocycles. The number of carbonyl (C=O) groups is 1. The zero-order valence-corrected chi connectivity index (χ0v) is 20.0. The summed E-state index contributed by atoms with van der Waals surface area (Å²) in [4.78, 5) is 24.9. The van der Waals surface area contributed by atoms with Crippen LogP contribution in [0.5, 0.6) is 0 Å². The number of carbonyl (C=O) groups excluding carboxylic acids is 1. The SMILES string of the molecule is CC(C)Nc1ncc(/N=C(\N)Nc2c(Cl)cc(F)cc2Cl)c(C[C@H]2CC[C@@H](C(N)=O)CC2)n1. The molecule has 0 spiro atoms. The zero-order chi connectivity index (χ0) is 24.1. The lowest BCUT2D eigenvalue weighted by molar-refractivity contribution is -0.122. The number of hydrogen-bond acceptors (Lipinski definition) is 5. The summed E-state index contributed by atoms with van der Waals surface area (Å²) in [5.74, 6) is -0.000674. The predicted molar refractivity (Wildman–Crippen MR) is 130 cm³/mol. The van der Waals surface area contributed by atoms with Crippen LogP contribution in [-0.4, -0.2) is 27.9 Å². The summed E-state index contributed by atoms with van der Waals surface area (Å²) >= 11 is 12.2. The van der Waals surface area contributed by atoms with Gasteiger partial charge < -0.3 is 22.1 Å². The van der Waals surface area contributed by atoms with Crippen molar-refractivity contribution in [2.24, 2.45) is 28.3 Å². The largest absolute Gasteiger partial charge is 0.369 e. The molecular formula is C22H28Cl2FN7O. The molecule has 2 aromatic rings. The molecule has 33 heavy (non-hydrogen) atoms. The monoisotopic (exact) mass is 495 g/mol. The summed E-state index contributed by atoms with van der Waals surface area (Å²) in [5, 5.41) is 6.18. The minimum Gasteiger partial charge on any atom is -0.369 e. The lowest BCUT2D eigenvalue weighted by atomic mass is 9.79. The van der Waals surface area contributed by atoms with E-state index < -0.39 is 5.82 Å². The average Bonchev–Trinajstić information content (AvgIpc) is 2.72. The van der Waals surface area contributed by atoms with Gasteiger partial charge in [-0.1, -0.05) is 23.2 Å². The lowest BCUT2D eigenvalue weighted by Gasteiger charge is -2.26. The molecule has 1 saturated carbocycles. The van der Waals surface area contributed by atoms with Gasteiger partial charge in [0.2, 0.25) is 11.9 Å². The van der Waals surface area contributed by atoms with Crippen LogP contribution < -0.4 is 22.1 Å². The normalized spacial score (nSPS) is 18.9. The molecule has 0 atom stereocenters. The van der Waals surface area contributed by atoms with Crippen LogP contribution in [0.15, 0.2) is 23.3 Å². The maximum absolute atomic E-state index is 13.5. The van der Waals surface area contributed by atoms with Crippen LogP contribution in [0, 0.1) is 17.7 Å². The number of nitrogens with one attached hydrogen (secondary N) is 2. The van der Waals surface area contributed by atoms with Crippen molar-refractivity contribution in [1.82, 2.24) is 9.97 Å². The van der Waals surface area contributed by atoms with Crippen LogP contribution in [-0.2, 0) is 11.2 Å². The first-order valence-corrected chi connectivity index (χ1v) is 11.6. The van der Waals surface area contributed by atoms with Crippen molar-refractivity contribution in [2.75, 3.05) is 10.6 Å². The summed E-state index contributed by atoms with van der Waals surface area (Å²) in [7, 11) is 0. The molecule has 0 radical (unpaired) electrons. The number of halogens is 3. The first-order valence-electron chi connectivity index (χ1n) is 10.8. The van der Waals surface area contributed by atoms with Gasteiger partial charge in [0, 0.05) is 12.0 Å². The Morgan fingerprint density at radius 2 is 1.85 bits per heavy atom. The summed E-state index contributed by atoms with van der Waals surface area (Å²) in [6.45, 7) is 4.00. The van der Waals surface area contributed by atoms with E-state index in [9.17, 15) is 9.18 Å². The van der Waals surface area contributed by atoms with Crippen LogP contribution in [0.2, 0.25) is 10.0 Å². The van der Waals surface area contributed by atoms with Gasteiger partial charge in [-0.3, -0.25) is 4.79 Å². The fourth-order valence-corrected chi connectivity index (χ4v) is 4.41. The molecule has 11 heteroatoms. The maximum atomic E-state index is 13.5. The van der Waals surface area contributed by atoms with Gasteiger partial charge in [0.1, 0.15) is 11.5 Å². The Kier molecular flexibility index (Phi) is 8.31. The summed E-state index contributed by atoms with van der Waals surface area (Å²) in [6, 6.07) is 2.42. The number of guanidine groups is 1. The zero-order valence-electron chi connectivity index (χ0n) is 18.5. The Labute approximate surface area is 202 Å². The molecule has 1 amide bonds. The second-order valence-corrected chi connectivity index (χ2v) is 9.33. The van der Waals surface area contributed by atoms with Crippen LogP contribution in [0.4, 0.5) is 21.7 Å². The van der Waals surface area contributed by atoms with E-state index >= 15 is 0 Å². The first-order chi connectivity index (χ1) is 15.6. The van der Waals surface area contributed by atoms with Crippen molar-refractivity contribution in [3.05, 3.63) is 39.9 Å². The minimum absolute atomic E-state index is 0.0114. The molecule has 1 fully saturated rings. The second kappa shape index (κ2) is 11.0. The summed E-state index contributed by atoms with van der Waals surface area (Å²) in [5.41, 5.74) is 13.0. The molecule has 1 heterocycles. The van der Waals surface area contributed by atoms with Crippen LogP contribution in [0.3, 0.4) is 0 Å². The van der Waals surface area contributed by atoms with E-state index in [1.165, 1.54) is 0 Å². The number of nitrogens with zero attached hydrogens (tertiary/aromatic N) is 3. The van der Waals surface area contributed by atoms with E-state index in [-0.39, 0.29) is 39.6 Å². The fraction of sp³-hybridized carbons (Fsp3) is 0.455. The third-order valence-corrected chi connectivity index (χ3v) is 6.09. The molecule has 6 N–H and O–H groups in total. The highest BCUT2D eigenvalue weighted by Crippen LogP contribution is 2.34. The van der Waals surface area contributed by atoms with E-state index in [2.05, 4.69) is 25.6 Å². The maximum Gasteiger partial charge on any atom is 0.223 e. The molecular weight excluding hydrogens is 468 g/mol. The van der Waals surface area contributed by atoms with Gasteiger partial charge in [0.15, 0.2) is 5.96 Å². The standard InChI is InChI=1S/C22H28Cl2FN7O/c1-11(2)29-22-28-10-18(17(31-22)7-12-3-5-13(6-4-12)20(26)33)30-21(27)32-19-15(23)8-14(25)9-16(19)24/h8-13H,3-7H2,1-2H3,(H2,26,33)(H3,27,30,32)(H,28,29,31)/t12-,13+. The smallest absolute Gasteiger partial charge is 0.223 e. The van der Waals surface area contributed by atoms with E-state index in [0.29, 0.717) is 24.0 Å². The summed E-state index contributed by atoms with van der Waals surface area (Å²) < 4.78 is 13.5. The Bertz CT molecular complexity index is 1020. The van der Waals surface area contributed by atoms with Crippen molar-refractivity contribution in [1.29, 1.82) is 0 Å². The van der Waals surface area contributed by atoms with Gasteiger partial charge in [-0.25, -0.2) is 19.4 Å². The molecule has 1 aromatic carbocycles. The first kappa shape index (κ1) is 25.0. The van der Waals surface area contributed by atoms with Gasteiger partial charge >= 0.3 is 0 Å². The number of rotatable bonds is 7. The van der Waals surface area contributed by atoms with Gasteiger partial charge in [0.25, 0.3) is 0 Å². The van der Waals surface area contributed by atoms with Crippen molar-refractivity contribution in [3.63, 3.8) is 0 Å². The Morgan fingerprint density at radius 1 is 1.21 bits per heavy atom. The molecule has 1 aliphatic rings. The quantitative estimate of drug-likeness (QED) is 0.326. The van der Waals surface area contributed by atoms with Crippen molar-refractivity contribution >= 4 is 52.4 Å². The average molecular weight is 496 g/mol. The molecule has 8 nitrogen and oxygen atoms in total. The topological polar surface area (TPSA) is 131 Å². The van der Waals surface area contributed by atoms with E-state index in [1.807, 2.05) is 13.8 Å². The molecule has 3 rings (SSSR count). The third-order valence-electron chi connectivity index (χ3n) is 5.50. The number of aromatic nitrogens is 2. The lowest BCUT2D eigenvalue weighted by Crippen LogP contribution is -2.28. The number of aliphatic imine (C=N–C) groups is 1. The van der Waals surface area contributed by atoms with Crippen LogP contribution in [0.1, 0.15) is 45.2 Å². The molecule has 178 valence electrons. The molecule has 0 unspecified atom stereocenters. The van der Waals surface area contributed by atoms with Gasteiger partial charge in [-0.05, 0) is 64.0 Å². The van der Waals surface area contributed by atoms with Crippen molar-refractivity contribution in [2.45, 2.75) is 52.0 Å². The highest BCUT2D eigenvalue weighted by atomic mass is 35.5. The number of hydrogen-bond donors (Lipinski definition) is 4. The summed E-state index contributed by atoms with van der Waals surface area (Å²) in [6.07, 6.45) is 5.55. The molecule has 0 bridgehead atoms. The third kappa shape index (κ3) is 6.91. The highest BCUT2D eigenvalue weighted by molar-refractivity contribution is 6.39. The second-order valence-electron chi connectivity index (χ2n) is 8.52. The van der Waals surface area contributed by atoms with Gasteiger partial charge in [-0.2, -0.15) is 0 Å². The predicted octanol–water partition coefficient (Wildman–Crippen LogP) is 4.64. The van der Waals surface area contributed by atoms with E-state index in [1.54, 1.807) is 6.20 Å². The highest BCUT2D eigenvalue weighted by Gasteiger charge is 2.26. The Morgan fingerprint density at radius 3 is 2.42 bits per heavy atom. The molecule has 1 aliphatic carbocycles. The van der Waals surface area contributed by atoms with Gasteiger partial charge in [0.05, 0.1) is 27.6 Å². The van der Waals surface area contributed by atoms with E-state index in [0.717, 1.165) is 43.5 Å². The number of anilines is 2. The Hall–Kier alpha value is -2.65. The van der Waals surface area contributed by atoms with E-state index in [4.69, 9.17) is 34.7 Å². The number of amides is 1. The number of benzene rings is 1. The molecule has 0 aliphatic heterocycles. The van der Waals surface area contributed by atoms with Crippen LogP contribution >= 0.6 is 23.2 Å². The fourth-order valence-electron chi connectivity index (χ4n) is 3.85. The van der Waals surface area contributed by atoms with Crippen molar-refractivity contribution in [3.8, 4) is 0 Å². The Balaban J connectivity index is 1.83. The number of primary amides is 1. The molecule has 1 aromatic heterocycles. The minimum atomic E-state index is -0.555. The van der Waals surface area contributed by atoms with Crippen molar-refractivity contribution < 1.29 is 9.18 Å². The van der Waals surface area contributed by atoms with Gasteiger partial charge in [-0.15, -0.1) is 0 Å².